The number of rotatable bonds is 5. The van der Waals surface area contributed by atoms with Gasteiger partial charge in [0.2, 0.25) is 0 Å². The Kier molecular flexibility index (Phi) is 5.89. The lowest BCUT2D eigenvalue weighted by Crippen LogP contribution is -2.30. The second-order valence-electron chi connectivity index (χ2n) is 4.41. The van der Waals surface area contributed by atoms with Gasteiger partial charge in [-0.05, 0) is 32.9 Å². The summed E-state index contributed by atoms with van der Waals surface area (Å²) >= 11 is 1.32. The molecule has 0 heterocycles. The van der Waals surface area contributed by atoms with E-state index in [-0.39, 0.29) is 23.2 Å². The maximum absolute atomic E-state index is 12.1. The largest absolute Gasteiger partial charge is 0.468 e. The predicted octanol–water partition coefficient (Wildman–Crippen LogP) is 2.48. The summed E-state index contributed by atoms with van der Waals surface area (Å²) in [5.41, 5.74) is 0.581. The summed E-state index contributed by atoms with van der Waals surface area (Å²) < 4.78 is 4.69. The number of ether oxygens (including phenoxy) is 1. The third kappa shape index (κ3) is 4.59. The van der Waals surface area contributed by atoms with Gasteiger partial charge in [0.05, 0.1) is 12.7 Å². The predicted molar refractivity (Wildman–Crippen MR) is 76.4 cm³/mol. The van der Waals surface area contributed by atoms with Gasteiger partial charge in [0.25, 0.3) is 5.91 Å². The smallest absolute Gasteiger partial charge is 0.318 e. The van der Waals surface area contributed by atoms with Gasteiger partial charge in [-0.1, -0.05) is 12.1 Å². The molecule has 1 aromatic rings. The number of carbonyl (C=O) groups is 2. The number of amides is 1. The van der Waals surface area contributed by atoms with Crippen molar-refractivity contribution in [2.75, 3.05) is 7.11 Å². The quantitative estimate of drug-likeness (QED) is 0.665. The van der Waals surface area contributed by atoms with Crippen molar-refractivity contribution in [3.8, 4) is 0 Å². The van der Waals surface area contributed by atoms with Crippen LogP contribution in [0.3, 0.4) is 0 Å². The van der Waals surface area contributed by atoms with E-state index < -0.39 is 0 Å². The molecule has 0 bridgehead atoms. The minimum atomic E-state index is -0.349. The van der Waals surface area contributed by atoms with Gasteiger partial charge in [-0.2, -0.15) is 0 Å². The van der Waals surface area contributed by atoms with Crippen molar-refractivity contribution in [2.24, 2.45) is 0 Å². The number of benzene rings is 1. The molecule has 1 atom stereocenters. The van der Waals surface area contributed by atoms with Crippen molar-refractivity contribution in [1.29, 1.82) is 0 Å². The molecule has 0 unspecified atom stereocenters. The van der Waals surface area contributed by atoms with E-state index in [1.165, 1.54) is 18.9 Å². The first kappa shape index (κ1) is 15.6. The number of carbonyl (C=O) groups excluding carboxylic acids is 2. The van der Waals surface area contributed by atoms with Crippen LogP contribution in [0.5, 0.6) is 0 Å². The molecule has 0 fully saturated rings. The van der Waals surface area contributed by atoms with E-state index in [4.69, 9.17) is 0 Å². The molecule has 0 aliphatic carbocycles. The van der Waals surface area contributed by atoms with Gasteiger partial charge in [-0.3, -0.25) is 9.59 Å². The van der Waals surface area contributed by atoms with Gasteiger partial charge in [0.1, 0.15) is 5.25 Å². The highest BCUT2D eigenvalue weighted by Gasteiger charge is 2.19. The second-order valence-corrected chi connectivity index (χ2v) is 5.79. The molecule has 0 aliphatic rings. The highest BCUT2D eigenvalue weighted by atomic mass is 32.2. The first-order chi connectivity index (χ1) is 8.95. The molecule has 104 valence electrons. The Hall–Kier alpha value is -1.49. The number of methoxy groups -OCH3 is 1. The van der Waals surface area contributed by atoms with Crippen LogP contribution in [-0.2, 0) is 9.53 Å². The van der Waals surface area contributed by atoms with Gasteiger partial charge in [-0.15, -0.1) is 11.8 Å². The summed E-state index contributed by atoms with van der Waals surface area (Å²) in [6.07, 6.45) is 0. The summed E-state index contributed by atoms with van der Waals surface area (Å²) in [7, 11) is 1.36. The number of hydrogen-bond donors (Lipinski definition) is 1. The van der Waals surface area contributed by atoms with Gasteiger partial charge in [-0.25, -0.2) is 0 Å². The molecule has 5 heteroatoms. The van der Waals surface area contributed by atoms with Crippen molar-refractivity contribution >= 4 is 23.6 Å². The lowest BCUT2D eigenvalue weighted by Gasteiger charge is -2.14. The monoisotopic (exact) mass is 281 g/mol. The number of thioether (sulfide) groups is 1. The Balaban J connectivity index is 2.90. The molecule has 0 spiro atoms. The highest BCUT2D eigenvalue weighted by Crippen LogP contribution is 2.27. The van der Waals surface area contributed by atoms with E-state index in [9.17, 15) is 9.59 Å². The standard InChI is InChI=1S/C14H19NO3S/c1-9(2)15-13(16)11-7-5-6-8-12(11)19-10(3)14(17)18-4/h5-10H,1-4H3,(H,15,16)/t10-/m1/s1. The van der Waals surface area contributed by atoms with Crippen LogP contribution in [0.2, 0.25) is 0 Å². The molecule has 0 radical (unpaired) electrons. The summed E-state index contributed by atoms with van der Waals surface area (Å²) in [6.45, 7) is 5.57. The first-order valence-electron chi connectivity index (χ1n) is 6.10. The van der Waals surface area contributed by atoms with Crippen LogP contribution in [0.25, 0.3) is 0 Å². The highest BCUT2D eigenvalue weighted by molar-refractivity contribution is 8.00. The third-order valence-corrected chi connectivity index (χ3v) is 3.54. The van der Waals surface area contributed by atoms with E-state index in [2.05, 4.69) is 10.1 Å². The van der Waals surface area contributed by atoms with Gasteiger partial charge in [0.15, 0.2) is 0 Å². The zero-order chi connectivity index (χ0) is 14.4. The van der Waals surface area contributed by atoms with Crippen LogP contribution in [-0.4, -0.2) is 30.3 Å². The number of hydrogen-bond acceptors (Lipinski definition) is 4. The van der Waals surface area contributed by atoms with Crippen LogP contribution in [0.1, 0.15) is 31.1 Å². The van der Waals surface area contributed by atoms with Crippen molar-refractivity contribution in [2.45, 2.75) is 37.0 Å². The molecule has 0 aliphatic heterocycles. The van der Waals surface area contributed by atoms with Crippen molar-refractivity contribution in [1.82, 2.24) is 5.32 Å². The molecular formula is C14H19NO3S. The van der Waals surface area contributed by atoms with Crippen LogP contribution < -0.4 is 5.32 Å². The maximum Gasteiger partial charge on any atom is 0.318 e. The topological polar surface area (TPSA) is 55.4 Å². The number of nitrogens with one attached hydrogen (secondary N) is 1. The Morgan fingerprint density at radius 3 is 2.42 bits per heavy atom. The van der Waals surface area contributed by atoms with Gasteiger partial charge >= 0.3 is 5.97 Å². The summed E-state index contributed by atoms with van der Waals surface area (Å²) in [5, 5.41) is 2.50. The van der Waals surface area contributed by atoms with Crippen molar-refractivity contribution < 1.29 is 14.3 Å². The Morgan fingerprint density at radius 2 is 1.84 bits per heavy atom. The average Bonchev–Trinajstić information content (AvgIpc) is 2.37. The first-order valence-corrected chi connectivity index (χ1v) is 6.98. The summed E-state index contributed by atoms with van der Waals surface area (Å²) in [5.74, 6) is -0.431. The molecule has 1 aromatic carbocycles. The molecule has 4 nitrogen and oxygen atoms in total. The van der Waals surface area contributed by atoms with E-state index in [0.717, 1.165) is 4.90 Å². The fourth-order valence-corrected chi connectivity index (χ4v) is 2.52. The second kappa shape index (κ2) is 7.19. The fourth-order valence-electron chi connectivity index (χ4n) is 1.50. The molecule has 1 rings (SSSR count). The van der Waals surface area contributed by atoms with Crippen LogP contribution >= 0.6 is 11.8 Å². The molecule has 0 saturated carbocycles. The molecule has 19 heavy (non-hydrogen) atoms. The van der Waals surface area contributed by atoms with E-state index in [1.807, 2.05) is 32.0 Å². The van der Waals surface area contributed by atoms with Crippen LogP contribution in [0.15, 0.2) is 29.2 Å². The van der Waals surface area contributed by atoms with E-state index in [0.29, 0.717) is 5.56 Å². The van der Waals surface area contributed by atoms with Crippen LogP contribution in [0, 0.1) is 0 Å². The summed E-state index contributed by atoms with van der Waals surface area (Å²) in [6, 6.07) is 7.31. The zero-order valence-electron chi connectivity index (χ0n) is 11.6. The van der Waals surface area contributed by atoms with Gasteiger partial charge < -0.3 is 10.1 Å². The zero-order valence-corrected chi connectivity index (χ0v) is 12.4. The minimum absolute atomic E-state index is 0.0728. The Bertz CT molecular complexity index is 460. The molecule has 0 aromatic heterocycles. The Morgan fingerprint density at radius 1 is 1.21 bits per heavy atom. The normalized spacial score (nSPS) is 12.1. The van der Waals surface area contributed by atoms with Crippen molar-refractivity contribution in [3.05, 3.63) is 29.8 Å². The number of esters is 1. The molecule has 0 saturated heterocycles. The molecular weight excluding hydrogens is 262 g/mol. The Labute approximate surface area is 117 Å². The van der Waals surface area contributed by atoms with Crippen molar-refractivity contribution in [3.63, 3.8) is 0 Å². The minimum Gasteiger partial charge on any atom is -0.468 e. The third-order valence-electron chi connectivity index (χ3n) is 2.39. The van der Waals surface area contributed by atoms with Crippen LogP contribution in [0.4, 0.5) is 0 Å². The van der Waals surface area contributed by atoms with E-state index in [1.54, 1.807) is 13.0 Å². The SMILES string of the molecule is COC(=O)[C@@H](C)Sc1ccccc1C(=O)NC(C)C. The maximum atomic E-state index is 12.1. The fraction of sp³-hybridized carbons (Fsp3) is 0.429. The molecule has 1 amide bonds. The lowest BCUT2D eigenvalue weighted by atomic mass is 10.2. The average molecular weight is 281 g/mol. The van der Waals surface area contributed by atoms with Gasteiger partial charge in [0, 0.05) is 10.9 Å². The lowest BCUT2D eigenvalue weighted by molar-refractivity contribution is -0.139. The molecule has 1 N–H and O–H groups in total. The van der Waals surface area contributed by atoms with E-state index >= 15 is 0 Å². The summed E-state index contributed by atoms with van der Waals surface area (Å²) in [4.78, 5) is 24.3.